The molecule has 3 rings (SSSR count). The number of aromatic carboxylic acids is 1. The van der Waals surface area contributed by atoms with Gasteiger partial charge in [0.15, 0.2) is 0 Å². The van der Waals surface area contributed by atoms with Gasteiger partial charge in [0.05, 0.1) is 10.6 Å². The number of anilines is 1. The van der Waals surface area contributed by atoms with Crippen LogP contribution in [0.1, 0.15) is 15.2 Å². The molecule has 31 heavy (non-hydrogen) atoms. The summed E-state index contributed by atoms with van der Waals surface area (Å²) in [7, 11) is -3.94. The third kappa shape index (κ3) is 5.75. The van der Waals surface area contributed by atoms with Crippen LogP contribution in [0, 0.1) is 12.5 Å². The van der Waals surface area contributed by atoms with Crippen molar-refractivity contribution in [2.24, 2.45) is 5.11 Å². The van der Waals surface area contributed by atoms with Gasteiger partial charge in [-0.2, -0.15) is 0 Å². The van der Waals surface area contributed by atoms with Crippen molar-refractivity contribution in [3.05, 3.63) is 85.9 Å². The number of benzene rings is 2. The molecule has 0 aliphatic rings. The third-order valence-corrected chi connectivity index (χ3v) is 6.56. The minimum Gasteiger partial charge on any atom is -0.477 e. The van der Waals surface area contributed by atoms with Crippen molar-refractivity contribution in [3.63, 3.8) is 0 Å². The molecule has 0 fully saturated rings. The minimum absolute atomic E-state index is 0.00475. The highest BCUT2D eigenvalue weighted by Crippen LogP contribution is 2.36. The van der Waals surface area contributed by atoms with Crippen molar-refractivity contribution < 1.29 is 18.3 Å². The normalized spacial score (nSPS) is 10.1. The van der Waals surface area contributed by atoms with Gasteiger partial charge in [-0.25, -0.2) is 13.2 Å². The van der Waals surface area contributed by atoms with E-state index in [0.29, 0.717) is 21.7 Å². The minimum atomic E-state index is -3.94. The van der Waals surface area contributed by atoms with Gasteiger partial charge in [0.2, 0.25) is 0 Å². The molecule has 0 aliphatic carbocycles. The summed E-state index contributed by atoms with van der Waals surface area (Å²) in [5.41, 5.74) is 22.3. The summed E-state index contributed by atoms with van der Waals surface area (Å²) in [5.74, 6) is -1.23. The molecule has 1 heterocycles. The van der Waals surface area contributed by atoms with Crippen molar-refractivity contribution in [2.75, 3.05) is 4.72 Å². The van der Waals surface area contributed by atoms with Gasteiger partial charge in [-0.3, -0.25) is 4.72 Å². The number of hydrogen-bond acceptors (Lipinski definition) is 6. The van der Waals surface area contributed by atoms with Crippen molar-refractivity contribution in [3.8, 4) is 10.4 Å². The van der Waals surface area contributed by atoms with Gasteiger partial charge in [0.1, 0.15) is 4.88 Å². The fourth-order valence-corrected chi connectivity index (χ4v) is 4.90. The number of nitrogens with zero attached hydrogens (tertiary/aromatic N) is 5. The van der Waals surface area contributed by atoms with E-state index in [0.717, 1.165) is 11.3 Å². The van der Waals surface area contributed by atoms with E-state index in [4.69, 9.17) is 16.6 Å². The van der Waals surface area contributed by atoms with Gasteiger partial charge >= 0.3 is 5.97 Å². The first-order chi connectivity index (χ1) is 14.7. The maximum atomic E-state index is 12.7. The van der Waals surface area contributed by atoms with Gasteiger partial charge < -0.3 is 5.11 Å². The molecule has 0 unspecified atom stereocenters. The zero-order valence-electron chi connectivity index (χ0n) is 15.9. The maximum absolute atomic E-state index is 12.7. The van der Waals surface area contributed by atoms with E-state index in [1.807, 2.05) is 0 Å². The first-order valence-corrected chi connectivity index (χ1v) is 10.7. The van der Waals surface area contributed by atoms with E-state index in [-0.39, 0.29) is 15.5 Å². The Hall–Kier alpha value is -4.02. The quantitative estimate of drug-likeness (QED) is 0.231. The topological polar surface area (TPSA) is 192 Å². The van der Waals surface area contributed by atoms with Gasteiger partial charge in [-0.15, -0.1) is 16.9 Å². The molecule has 0 spiro atoms. The number of thiophene rings is 1. The van der Waals surface area contributed by atoms with Gasteiger partial charge in [0.25, 0.3) is 10.0 Å². The average molecular weight is 457 g/mol. The SMILES string of the molecule is Cc1ccccc1S(=O)(=O)Nc1cc(-c2ccc(N=[N+]=[N-])cc2)sc1C(=O)O.[N-]=[N+]=N. The Bertz CT molecular complexity index is 1290. The fraction of sp³-hybridized carbons (Fsp3) is 0.0556. The van der Waals surface area contributed by atoms with Crippen molar-refractivity contribution in [2.45, 2.75) is 11.8 Å². The van der Waals surface area contributed by atoms with E-state index < -0.39 is 16.0 Å². The molecular formula is C18H15N7O4S2. The number of carboxylic acids is 1. The van der Waals surface area contributed by atoms with Gasteiger partial charge in [0, 0.05) is 15.5 Å². The molecule has 3 N–H and O–H groups in total. The monoisotopic (exact) mass is 457 g/mol. The summed E-state index contributed by atoms with van der Waals surface area (Å²) in [6, 6.07) is 14.4. The van der Waals surface area contributed by atoms with Crippen LogP contribution < -0.4 is 4.72 Å². The second-order valence-electron chi connectivity index (χ2n) is 5.87. The zero-order chi connectivity index (χ0) is 23.0. The Labute approximate surface area is 180 Å². The van der Waals surface area contributed by atoms with Gasteiger partial charge in [-0.1, -0.05) is 47.6 Å². The molecule has 3 aromatic rings. The summed E-state index contributed by atoms with van der Waals surface area (Å²) >= 11 is 0.950. The lowest BCUT2D eigenvalue weighted by Crippen LogP contribution is -2.15. The molecule has 1 aromatic heterocycles. The van der Waals surface area contributed by atoms with Crippen LogP contribution in [0.3, 0.4) is 0 Å². The van der Waals surface area contributed by atoms with Crippen LogP contribution >= 0.6 is 11.3 Å². The lowest BCUT2D eigenvalue weighted by atomic mass is 10.1. The first-order valence-electron chi connectivity index (χ1n) is 8.35. The molecular weight excluding hydrogens is 442 g/mol. The van der Waals surface area contributed by atoms with Gasteiger partial charge in [-0.05, 0) is 46.2 Å². The predicted molar refractivity (Wildman–Crippen MR) is 117 cm³/mol. The molecule has 2 aromatic carbocycles. The largest absolute Gasteiger partial charge is 0.477 e. The Morgan fingerprint density at radius 3 is 2.32 bits per heavy atom. The highest BCUT2D eigenvalue weighted by Gasteiger charge is 2.23. The summed E-state index contributed by atoms with van der Waals surface area (Å²) in [6.45, 7) is 1.66. The molecule has 0 atom stereocenters. The molecule has 0 bridgehead atoms. The first kappa shape index (κ1) is 23.3. The Morgan fingerprint density at radius 1 is 1.16 bits per heavy atom. The number of sulfonamides is 1. The van der Waals surface area contributed by atoms with E-state index in [1.54, 1.807) is 54.3 Å². The maximum Gasteiger partial charge on any atom is 0.348 e. The molecule has 0 saturated heterocycles. The number of carbonyl (C=O) groups is 1. The fourth-order valence-electron chi connectivity index (χ4n) is 2.57. The van der Waals surface area contributed by atoms with E-state index in [2.05, 4.69) is 14.7 Å². The van der Waals surface area contributed by atoms with Crippen LogP contribution in [-0.2, 0) is 10.0 Å². The molecule has 158 valence electrons. The van der Waals surface area contributed by atoms with E-state index in [9.17, 15) is 18.3 Å². The number of aryl methyl sites for hydroxylation is 1. The molecule has 0 radical (unpaired) electrons. The van der Waals surface area contributed by atoms with Crippen LogP contribution in [0.4, 0.5) is 11.4 Å². The van der Waals surface area contributed by atoms with Crippen molar-refractivity contribution in [1.29, 1.82) is 5.53 Å². The predicted octanol–water partition coefficient (Wildman–Crippen LogP) is 6.04. The van der Waals surface area contributed by atoms with E-state index in [1.165, 1.54) is 12.1 Å². The van der Waals surface area contributed by atoms with Crippen molar-refractivity contribution in [1.82, 2.24) is 0 Å². The van der Waals surface area contributed by atoms with Crippen LogP contribution in [0.2, 0.25) is 0 Å². The highest BCUT2D eigenvalue weighted by atomic mass is 32.2. The number of hydrogen-bond donors (Lipinski definition) is 3. The molecule has 0 aliphatic heterocycles. The lowest BCUT2D eigenvalue weighted by Gasteiger charge is -2.09. The number of nitrogens with one attached hydrogen (secondary N) is 2. The number of rotatable bonds is 6. The third-order valence-electron chi connectivity index (χ3n) is 3.87. The Kier molecular flexibility index (Phi) is 7.61. The smallest absolute Gasteiger partial charge is 0.348 e. The summed E-state index contributed by atoms with van der Waals surface area (Å²) < 4.78 is 27.8. The average Bonchev–Trinajstić information content (AvgIpc) is 3.13. The number of azide groups is 1. The number of carboxylic acid groups (broad SMARTS) is 1. The lowest BCUT2D eigenvalue weighted by molar-refractivity contribution is 0.0703. The molecule has 0 saturated carbocycles. The molecule has 0 amide bonds. The highest BCUT2D eigenvalue weighted by molar-refractivity contribution is 7.92. The van der Waals surface area contributed by atoms with Crippen LogP contribution in [0.15, 0.2) is 64.6 Å². The summed E-state index contributed by atoms with van der Waals surface area (Å²) in [5, 5.41) is 13.0. The zero-order valence-corrected chi connectivity index (χ0v) is 17.6. The Morgan fingerprint density at radius 2 is 1.77 bits per heavy atom. The summed E-state index contributed by atoms with van der Waals surface area (Å²) in [4.78, 5) is 16.6. The Balaban J connectivity index is 0.00000107. The van der Waals surface area contributed by atoms with E-state index >= 15 is 0 Å². The van der Waals surface area contributed by atoms with Crippen molar-refractivity contribution >= 4 is 38.7 Å². The second kappa shape index (κ2) is 10.1. The summed E-state index contributed by atoms with van der Waals surface area (Å²) in [6.07, 6.45) is 0. The standard InChI is InChI=1S/C18H14N4O4S2.HN3/c1-11-4-2-3-5-16(11)28(25,26)21-14-10-15(27-17(14)18(23)24)12-6-8-13(9-7-12)20-22-19;1-3-2/h2-10,21H,1H3,(H,23,24);1H. The molecule has 13 heteroatoms. The molecule has 11 nitrogen and oxygen atoms in total. The van der Waals surface area contributed by atoms with Crippen LogP contribution in [-0.4, -0.2) is 19.5 Å². The van der Waals surface area contributed by atoms with Crippen LogP contribution in [0.25, 0.3) is 31.3 Å². The van der Waals surface area contributed by atoms with Crippen LogP contribution in [0.5, 0.6) is 0 Å². The second-order valence-corrected chi connectivity index (χ2v) is 8.57.